The molecule has 21 heavy (non-hydrogen) atoms. The van der Waals surface area contributed by atoms with Crippen LogP contribution in [0.3, 0.4) is 0 Å². The molecule has 0 radical (unpaired) electrons. The molecule has 1 aromatic carbocycles. The molecule has 0 unspecified atom stereocenters. The van der Waals surface area contributed by atoms with Crippen LogP contribution in [-0.4, -0.2) is 31.2 Å². The summed E-state index contributed by atoms with van der Waals surface area (Å²) >= 11 is 5.02. The summed E-state index contributed by atoms with van der Waals surface area (Å²) in [6.07, 6.45) is 1.11. The number of hydrogen-bond acceptors (Lipinski definition) is 4. The fourth-order valence-corrected chi connectivity index (χ4v) is 2.40. The highest BCUT2D eigenvalue weighted by atomic mass is 32.2. The fraction of sp³-hybridized carbons (Fsp3) is 0.385. The van der Waals surface area contributed by atoms with Gasteiger partial charge in [0.05, 0.1) is 4.90 Å². The summed E-state index contributed by atoms with van der Waals surface area (Å²) < 4.78 is 22.6. The van der Waals surface area contributed by atoms with Crippen molar-refractivity contribution in [3.63, 3.8) is 0 Å². The Labute approximate surface area is 130 Å². The second-order valence-electron chi connectivity index (χ2n) is 5.58. The van der Waals surface area contributed by atoms with Gasteiger partial charge in [0.1, 0.15) is 0 Å². The van der Waals surface area contributed by atoms with E-state index in [9.17, 15) is 13.2 Å². The molecule has 116 valence electrons. The van der Waals surface area contributed by atoms with Crippen LogP contribution in [-0.2, 0) is 9.84 Å². The zero-order valence-corrected chi connectivity index (χ0v) is 14.0. The quantitative estimate of drug-likeness (QED) is 0.554. The number of sulfone groups is 1. The maximum Gasteiger partial charge on any atom is 0.269 e. The molecule has 0 atom stereocenters. The second kappa shape index (κ2) is 6.40. The topological polar surface area (TPSA) is 87.3 Å². The zero-order chi connectivity index (χ0) is 16.3. The number of rotatable bonds is 2. The number of hydrogen-bond donors (Lipinski definition) is 3. The summed E-state index contributed by atoms with van der Waals surface area (Å²) in [4.78, 5) is 12.0. The summed E-state index contributed by atoms with van der Waals surface area (Å²) in [7, 11) is -3.27. The van der Waals surface area contributed by atoms with Crippen molar-refractivity contribution in [1.29, 1.82) is 0 Å². The van der Waals surface area contributed by atoms with E-state index in [1.807, 2.05) is 20.8 Å². The minimum atomic E-state index is -3.27. The molecular weight excluding hydrogens is 310 g/mol. The molecule has 0 aliphatic carbocycles. The Kier molecular flexibility index (Phi) is 5.30. The lowest BCUT2D eigenvalue weighted by atomic mass is 10.1. The van der Waals surface area contributed by atoms with E-state index in [2.05, 4.69) is 16.2 Å². The van der Waals surface area contributed by atoms with Crippen molar-refractivity contribution in [2.75, 3.05) is 6.26 Å². The largest absolute Gasteiger partial charge is 0.357 e. The highest BCUT2D eigenvalue weighted by Gasteiger charge is 2.12. The molecule has 0 aliphatic heterocycles. The molecule has 0 aromatic heterocycles. The number of carbonyl (C=O) groups excluding carboxylic acids is 1. The van der Waals surface area contributed by atoms with Crippen LogP contribution in [0.15, 0.2) is 29.2 Å². The molecule has 0 bridgehead atoms. The molecule has 0 saturated carbocycles. The van der Waals surface area contributed by atoms with Crippen molar-refractivity contribution in [3.05, 3.63) is 29.8 Å². The van der Waals surface area contributed by atoms with Crippen LogP contribution in [0, 0.1) is 0 Å². The zero-order valence-electron chi connectivity index (χ0n) is 12.4. The number of hydrazine groups is 1. The van der Waals surface area contributed by atoms with E-state index in [-0.39, 0.29) is 10.4 Å². The fourth-order valence-electron chi connectivity index (χ4n) is 1.41. The van der Waals surface area contributed by atoms with Gasteiger partial charge in [-0.2, -0.15) is 0 Å². The first kappa shape index (κ1) is 17.4. The first-order chi connectivity index (χ1) is 9.49. The molecule has 1 aromatic rings. The van der Waals surface area contributed by atoms with E-state index < -0.39 is 15.7 Å². The molecule has 1 amide bonds. The molecule has 1 rings (SSSR count). The van der Waals surface area contributed by atoms with Gasteiger partial charge in [-0.15, -0.1) is 0 Å². The van der Waals surface area contributed by atoms with E-state index in [4.69, 9.17) is 12.2 Å². The summed E-state index contributed by atoms with van der Waals surface area (Å²) in [6.45, 7) is 5.81. The van der Waals surface area contributed by atoms with E-state index >= 15 is 0 Å². The van der Waals surface area contributed by atoms with E-state index in [1.54, 1.807) is 0 Å². The van der Waals surface area contributed by atoms with Gasteiger partial charge in [-0.25, -0.2) is 8.42 Å². The molecule has 0 aliphatic rings. The standard InChI is InChI=1S/C13H19N3O3S2/c1-13(2,3)14-12(20)16-15-11(17)9-5-7-10(8-6-9)21(4,18)19/h5-8H,1-4H3,(H,15,17)(H2,14,16,20). The highest BCUT2D eigenvalue weighted by molar-refractivity contribution is 7.90. The van der Waals surface area contributed by atoms with Gasteiger partial charge >= 0.3 is 0 Å². The van der Waals surface area contributed by atoms with Crippen LogP contribution in [0.1, 0.15) is 31.1 Å². The first-order valence-corrected chi connectivity index (χ1v) is 8.47. The molecule has 6 nitrogen and oxygen atoms in total. The minimum Gasteiger partial charge on any atom is -0.357 e. The van der Waals surface area contributed by atoms with Crippen molar-refractivity contribution < 1.29 is 13.2 Å². The van der Waals surface area contributed by atoms with Crippen LogP contribution in [0.5, 0.6) is 0 Å². The van der Waals surface area contributed by atoms with Gasteiger partial charge in [-0.1, -0.05) is 0 Å². The Bertz CT molecular complexity index is 632. The lowest BCUT2D eigenvalue weighted by molar-refractivity contribution is 0.0943. The monoisotopic (exact) mass is 329 g/mol. The molecular formula is C13H19N3O3S2. The summed E-state index contributed by atoms with van der Waals surface area (Å²) in [5, 5.41) is 3.28. The summed E-state index contributed by atoms with van der Waals surface area (Å²) in [5.74, 6) is -0.409. The Morgan fingerprint density at radius 1 is 1.10 bits per heavy atom. The third-order valence-corrected chi connectivity index (χ3v) is 3.66. The van der Waals surface area contributed by atoms with Crippen LogP contribution in [0.4, 0.5) is 0 Å². The number of thiocarbonyl (C=S) groups is 1. The van der Waals surface area contributed by atoms with Gasteiger partial charge in [-0.05, 0) is 57.3 Å². The summed E-state index contributed by atoms with van der Waals surface area (Å²) in [5.41, 5.74) is 5.13. The molecule has 3 N–H and O–H groups in total. The number of amides is 1. The molecule has 0 spiro atoms. The third-order valence-electron chi connectivity index (χ3n) is 2.32. The minimum absolute atomic E-state index is 0.164. The van der Waals surface area contributed by atoms with E-state index in [0.29, 0.717) is 10.7 Å². The SMILES string of the molecule is CC(C)(C)NC(=S)NNC(=O)c1ccc(S(C)(=O)=O)cc1. The van der Waals surface area contributed by atoms with Gasteiger partial charge in [0, 0.05) is 17.4 Å². The average Bonchev–Trinajstić information content (AvgIpc) is 2.33. The van der Waals surface area contributed by atoms with Crippen LogP contribution < -0.4 is 16.2 Å². The van der Waals surface area contributed by atoms with Gasteiger partial charge in [-0.3, -0.25) is 15.6 Å². The third kappa shape index (κ3) is 6.09. The molecule has 8 heteroatoms. The molecule has 0 fully saturated rings. The smallest absolute Gasteiger partial charge is 0.269 e. The second-order valence-corrected chi connectivity index (χ2v) is 8.00. The van der Waals surface area contributed by atoms with Gasteiger partial charge in [0.2, 0.25) is 0 Å². The van der Waals surface area contributed by atoms with Crippen LogP contribution in [0.25, 0.3) is 0 Å². The lowest BCUT2D eigenvalue weighted by Crippen LogP contribution is -2.52. The van der Waals surface area contributed by atoms with Crippen LogP contribution in [0.2, 0.25) is 0 Å². The molecule has 0 saturated heterocycles. The summed E-state index contributed by atoms with van der Waals surface area (Å²) in [6, 6.07) is 5.65. The maximum atomic E-state index is 11.9. The van der Waals surface area contributed by atoms with Gasteiger partial charge < -0.3 is 5.32 Å². The predicted octanol–water partition coefficient (Wildman–Crippen LogP) is 0.998. The maximum absolute atomic E-state index is 11.9. The first-order valence-electron chi connectivity index (χ1n) is 6.18. The average molecular weight is 329 g/mol. The Morgan fingerprint density at radius 2 is 1.62 bits per heavy atom. The number of nitrogens with one attached hydrogen (secondary N) is 3. The Morgan fingerprint density at radius 3 is 2.05 bits per heavy atom. The number of carbonyl (C=O) groups is 1. The van der Waals surface area contributed by atoms with Crippen molar-refractivity contribution in [2.24, 2.45) is 0 Å². The van der Waals surface area contributed by atoms with Crippen molar-refractivity contribution in [3.8, 4) is 0 Å². The Hall–Kier alpha value is -1.67. The van der Waals surface area contributed by atoms with Crippen molar-refractivity contribution >= 4 is 33.1 Å². The van der Waals surface area contributed by atoms with E-state index in [1.165, 1.54) is 24.3 Å². The van der Waals surface area contributed by atoms with Crippen molar-refractivity contribution in [2.45, 2.75) is 31.2 Å². The lowest BCUT2D eigenvalue weighted by Gasteiger charge is -2.23. The number of benzene rings is 1. The van der Waals surface area contributed by atoms with Crippen molar-refractivity contribution in [1.82, 2.24) is 16.2 Å². The Balaban J connectivity index is 2.63. The molecule has 0 heterocycles. The van der Waals surface area contributed by atoms with Gasteiger partial charge in [0.15, 0.2) is 14.9 Å². The van der Waals surface area contributed by atoms with Crippen LogP contribution >= 0.6 is 12.2 Å². The predicted molar refractivity (Wildman–Crippen MR) is 85.6 cm³/mol. The highest BCUT2D eigenvalue weighted by Crippen LogP contribution is 2.10. The normalized spacial score (nSPS) is 11.6. The van der Waals surface area contributed by atoms with Gasteiger partial charge in [0.25, 0.3) is 5.91 Å². The van der Waals surface area contributed by atoms with E-state index in [0.717, 1.165) is 6.26 Å².